The Hall–Kier alpha value is -4.35. The Balaban J connectivity index is 0.960. The molecule has 0 atom stereocenters. The number of thiophene rings is 2. The molecule has 6 aromatic rings. The average Bonchev–Trinajstić information content (AvgIpc) is 3.89. The Morgan fingerprint density at radius 2 is 1.29 bits per heavy atom. The van der Waals surface area contributed by atoms with Crippen LogP contribution in [0.3, 0.4) is 0 Å². The molecule has 1 N–H and O–H groups in total. The SMILES string of the molecule is Cc1ccc(Cn2nc(/C=C/CCC/C=C/c3nn(Cc4ccc(C)cc4)c4c3Cc3sc(S(=O)(=O)O)cc3-4)c3c2-c2ccsc2C3)cc1. The molecule has 4 aromatic heterocycles. The van der Waals surface area contributed by atoms with Gasteiger partial charge in [-0.3, -0.25) is 13.9 Å². The van der Waals surface area contributed by atoms with Gasteiger partial charge in [0, 0.05) is 44.8 Å². The van der Waals surface area contributed by atoms with Crippen molar-refractivity contribution in [2.24, 2.45) is 0 Å². The number of nitrogens with zero attached hydrogens (tertiary/aromatic N) is 4. The summed E-state index contributed by atoms with van der Waals surface area (Å²) in [4.78, 5) is 2.37. The Morgan fingerprint density at radius 3 is 1.84 bits per heavy atom. The summed E-state index contributed by atoms with van der Waals surface area (Å²) in [5, 5.41) is 12.2. The van der Waals surface area contributed by atoms with E-state index in [1.807, 2.05) is 16.0 Å². The van der Waals surface area contributed by atoms with E-state index in [9.17, 15) is 13.0 Å². The molecule has 0 saturated heterocycles. The second-order valence-electron chi connectivity index (χ2n) is 12.9. The lowest BCUT2D eigenvalue weighted by Gasteiger charge is -2.07. The van der Waals surface area contributed by atoms with Crippen LogP contribution in [0.4, 0.5) is 0 Å². The molecule has 0 saturated carbocycles. The van der Waals surface area contributed by atoms with Crippen molar-refractivity contribution in [1.82, 2.24) is 19.6 Å². The third kappa shape index (κ3) is 6.30. The highest BCUT2D eigenvalue weighted by atomic mass is 32.3. The molecule has 49 heavy (non-hydrogen) atoms. The van der Waals surface area contributed by atoms with Gasteiger partial charge in [-0.25, -0.2) is 0 Å². The van der Waals surface area contributed by atoms with E-state index < -0.39 is 10.1 Å². The van der Waals surface area contributed by atoms with Gasteiger partial charge in [-0.15, -0.1) is 22.7 Å². The lowest BCUT2D eigenvalue weighted by Crippen LogP contribution is -2.04. The molecule has 2 aliphatic rings. The van der Waals surface area contributed by atoms with E-state index in [1.165, 1.54) is 38.4 Å². The predicted octanol–water partition coefficient (Wildman–Crippen LogP) is 9.20. The topological polar surface area (TPSA) is 90.0 Å². The quantitative estimate of drug-likeness (QED) is 0.107. The van der Waals surface area contributed by atoms with Gasteiger partial charge in [0.05, 0.1) is 35.9 Å². The molecule has 0 spiro atoms. The molecule has 0 fully saturated rings. The van der Waals surface area contributed by atoms with E-state index in [4.69, 9.17) is 10.2 Å². The van der Waals surface area contributed by atoms with Gasteiger partial charge in [-0.05, 0) is 73.9 Å². The molecule has 248 valence electrons. The van der Waals surface area contributed by atoms with Gasteiger partial charge in [0.25, 0.3) is 0 Å². The van der Waals surface area contributed by atoms with E-state index >= 15 is 0 Å². The Bertz CT molecular complexity index is 2350. The largest absolute Gasteiger partial charge is 0.304 e. The number of fused-ring (bicyclic) bond motifs is 6. The molecule has 0 aliphatic heterocycles. The van der Waals surface area contributed by atoms with Gasteiger partial charge in [0.2, 0.25) is 0 Å². The molecule has 10 heteroatoms. The molecule has 0 unspecified atom stereocenters. The van der Waals surface area contributed by atoms with Crippen molar-refractivity contribution >= 4 is 44.9 Å². The van der Waals surface area contributed by atoms with Crippen LogP contribution in [0, 0.1) is 13.8 Å². The van der Waals surface area contributed by atoms with Crippen molar-refractivity contribution in [2.45, 2.75) is 63.3 Å². The van der Waals surface area contributed by atoms with Crippen molar-refractivity contribution in [3.8, 4) is 22.5 Å². The van der Waals surface area contributed by atoms with Crippen LogP contribution in [0.15, 0.2) is 82.4 Å². The molecular weight excluding hydrogens is 669 g/mol. The van der Waals surface area contributed by atoms with Crippen LogP contribution >= 0.6 is 22.7 Å². The second kappa shape index (κ2) is 12.8. The third-order valence-corrected chi connectivity index (χ3v) is 12.7. The Kier molecular flexibility index (Phi) is 8.35. The highest BCUT2D eigenvalue weighted by Gasteiger charge is 2.31. The van der Waals surface area contributed by atoms with E-state index in [-0.39, 0.29) is 4.21 Å². The van der Waals surface area contributed by atoms with Crippen molar-refractivity contribution in [3.05, 3.63) is 133 Å². The average molecular weight is 705 g/mol. The number of aryl methyl sites for hydroxylation is 2. The monoisotopic (exact) mass is 704 g/mol. The Labute approximate surface area is 294 Å². The van der Waals surface area contributed by atoms with Gasteiger partial charge in [-0.1, -0.05) is 71.8 Å². The van der Waals surface area contributed by atoms with Crippen LogP contribution < -0.4 is 0 Å². The van der Waals surface area contributed by atoms with Crippen LogP contribution in [0.5, 0.6) is 0 Å². The van der Waals surface area contributed by atoms with Gasteiger partial charge in [0.15, 0.2) is 0 Å². The molecule has 2 aromatic carbocycles. The summed E-state index contributed by atoms with van der Waals surface area (Å²) < 4.78 is 37.6. The smallest absolute Gasteiger partial charge is 0.281 e. The summed E-state index contributed by atoms with van der Waals surface area (Å²) in [5.41, 5.74) is 13.6. The number of rotatable bonds is 11. The molecule has 0 bridgehead atoms. The predicted molar refractivity (Wildman–Crippen MR) is 199 cm³/mol. The van der Waals surface area contributed by atoms with Gasteiger partial charge in [0.1, 0.15) is 4.21 Å². The van der Waals surface area contributed by atoms with Crippen molar-refractivity contribution < 1.29 is 13.0 Å². The van der Waals surface area contributed by atoms with Gasteiger partial charge < -0.3 is 0 Å². The van der Waals surface area contributed by atoms with Crippen LogP contribution in [-0.2, 0) is 36.0 Å². The summed E-state index contributed by atoms with van der Waals surface area (Å²) in [6.07, 6.45) is 13.2. The second-order valence-corrected chi connectivity index (χ2v) is 16.7. The maximum absolute atomic E-state index is 11.9. The fraction of sp³-hybridized carbons (Fsp3) is 0.231. The number of hydrogen-bond acceptors (Lipinski definition) is 6. The zero-order chi connectivity index (χ0) is 33.7. The van der Waals surface area contributed by atoms with Crippen molar-refractivity contribution in [1.29, 1.82) is 0 Å². The fourth-order valence-corrected chi connectivity index (χ4v) is 9.61. The van der Waals surface area contributed by atoms with E-state index in [0.717, 1.165) is 82.2 Å². The molecule has 2 aliphatic carbocycles. The lowest BCUT2D eigenvalue weighted by atomic mass is 10.1. The number of aromatic nitrogens is 4. The lowest BCUT2D eigenvalue weighted by molar-refractivity contribution is 0.485. The molecule has 4 heterocycles. The number of hydrogen-bond donors (Lipinski definition) is 1. The molecule has 0 amide bonds. The normalized spacial score (nSPS) is 13.4. The zero-order valence-corrected chi connectivity index (χ0v) is 29.8. The van der Waals surface area contributed by atoms with Crippen molar-refractivity contribution in [3.63, 3.8) is 0 Å². The third-order valence-electron chi connectivity index (χ3n) is 9.33. The standard InChI is InChI=1S/C39H36N4O3S3/c1-25-10-14-27(15-11-25)23-42-38-29-18-19-47-35(29)20-30(38)33(40-42)8-6-4-3-5-7-9-34-31-21-36-32(22-37(48-36)49(44,45)46)39(31)43(41-34)24-28-16-12-26(2)13-17-28/h6-19,22H,3-5,20-21,23-24H2,1-2H3,(H,44,45,46)/b8-6+,9-7+. The minimum Gasteiger partial charge on any atom is -0.281 e. The highest BCUT2D eigenvalue weighted by Crippen LogP contribution is 2.45. The van der Waals surface area contributed by atoms with Crippen LogP contribution in [-0.4, -0.2) is 32.5 Å². The zero-order valence-electron chi connectivity index (χ0n) is 27.4. The maximum Gasteiger partial charge on any atom is 0.304 e. The summed E-state index contributed by atoms with van der Waals surface area (Å²) in [5.74, 6) is 0. The summed E-state index contributed by atoms with van der Waals surface area (Å²) in [7, 11) is -4.26. The van der Waals surface area contributed by atoms with E-state index in [0.29, 0.717) is 13.0 Å². The first kappa shape index (κ1) is 31.9. The minimum absolute atomic E-state index is 0.0181. The van der Waals surface area contributed by atoms with E-state index in [1.54, 1.807) is 6.07 Å². The van der Waals surface area contributed by atoms with Gasteiger partial charge in [-0.2, -0.15) is 18.6 Å². The fourth-order valence-electron chi connectivity index (χ4n) is 6.83. The number of unbranched alkanes of at least 4 members (excludes halogenated alkanes) is 2. The summed E-state index contributed by atoms with van der Waals surface area (Å²) in [6, 6.07) is 20.9. The summed E-state index contributed by atoms with van der Waals surface area (Å²) in [6.45, 7) is 5.52. The van der Waals surface area contributed by atoms with Crippen molar-refractivity contribution in [2.75, 3.05) is 0 Å². The van der Waals surface area contributed by atoms with Crippen LogP contribution in [0.1, 0.15) is 73.8 Å². The minimum atomic E-state index is -4.26. The molecular formula is C39H36N4O3S3. The maximum atomic E-state index is 11.9. The summed E-state index contributed by atoms with van der Waals surface area (Å²) >= 11 is 2.97. The van der Waals surface area contributed by atoms with Crippen LogP contribution in [0.2, 0.25) is 0 Å². The number of benzene rings is 2. The first-order chi connectivity index (χ1) is 23.7. The molecule has 0 radical (unpaired) electrons. The number of allylic oxidation sites excluding steroid dienone is 2. The molecule has 7 nitrogen and oxygen atoms in total. The van der Waals surface area contributed by atoms with Gasteiger partial charge >= 0.3 is 10.1 Å². The first-order valence-electron chi connectivity index (χ1n) is 16.5. The molecule has 8 rings (SSSR count). The van der Waals surface area contributed by atoms with E-state index in [2.05, 4.69) is 103 Å². The highest BCUT2D eigenvalue weighted by molar-refractivity contribution is 7.88. The Morgan fingerprint density at radius 1 is 0.755 bits per heavy atom. The van der Waals surface area contributed by atoms with Crippen LogP contribution in [0.25, 0.3) is 34.7 Å². The first-order valence-corrected chi connectivity index (χ1v) is 19.7.